The summed E-state index contributed by atoms with van der Waals surface area (Å²) in [6.45, 7) is 5.41. The Bertz CT molecular complexity index is 454. The van der Waals surface area contributed by atoms with Crippen LogP contribution in [0.25, 0.3) is 0 Å². The SMILES string of the molecule is COc1ccccc1C(=O)N1CCN(CC(C)O)CC1. The number of hydrogen-bond acceptors (Lipinski definition) is 4. The quantitative estimate of drug-likeness (QED) is 0.886. The normalized spacial score (nSPS) is 17.9. The number of nitrogens with zero attached hydrogens (tertiary/aromatic N) is 2. The zero-order valence-corrected chi connectivity index (χ0v) is 12.1. The number of piperazine rings is 1. The molecule has 1 atom stereocenters. The van der Waals surface area contributed by atoms with E-state index in [4.69, 9.17) is 4.74 Å². The van der Waals surface area contributed by atoms with Crippen LogP contribution in [0.3, 0.4) is 0 Å². The minimum atomic E-state index is -0.327. The van der Waals surface area contributed by atoms with Crippen molar-refractivity contribution < 1.29 is 14.6 Å². The van der Waals surface area contributed by atoms with E-state index >= 15 is 0 Å². The van der Waals surface area contributed by atoms with Crippen LogP contribution in [0, 0.1) is 0 Å². The number of rotatable bonds is 4. The first kappa shape index (κ1) is 14.8. The lowest BCUT2D eigenvalue weighted by atomic mass is 10.1. The summed E-state index contributed by atoms with van der Waals surface area (Å²) < 4.78 is 5.24. The average molecular weight is 278 g/mol. The summed E-state index contributed by atoms with van der Waals surface area (Å²) in [5, 5.41) is 9.39. The molecule has 1 aromatic rings. The maximum absolute atomic E-state index is 12.5. The van der Waals surface area contributed by atoms with Gasteiger partial charge in [0.05, 0.1) is 18.8 Å². The van der Waals surface area contributed by atoms with Gasteiger partial charge in [0.25, 0.3) is 5.91 Å². The van der Waals surface area contributed by atoms with Gasteiger partial charge in [-0.05, 0) is 19.1 Å². The van der Waals surface area contributed by atoms with Gasteiger partial charge in [0.2, 0.25) is 0 Å². The first-order valence-corrected chi connectivity index (χ1v) is 6.94. The van der Waals surface area contributed by atoms with Crippen LogP contribution < -0.4 is 4.74 Å². The van der Waals surface area contributed by atoms with Crippen LogP contribution in [0.15, 0.2) is 24.3 Å². The molecule has 5 heteroatoms. The third kappa shape index (κ3) is 3.49. The highest BCUT2D eigenvalue weighted by molar-refractivity contribution is 5.97. The number of carbonyl (C=O) groups excluding carboxylic acids is 1. The van der Waals surface area contributed by atoms with E-state index in [-0.39, 0.29) is 12.0 Å². The summed E-state index contributed by atoms with van der Waals surface area (Å²) in [5.41, 5.74) is 0.610. The number of aliphatic hydroxyl groups excluding tert-OH is 1. The Hall–Kier alpha value is -1.59. The Morgan fingerprint density at radius 1 is 1.30 bits per heavy atom. The summed E-state index contributed by atoms with van der Waals surface area (Å²) in [6.07, 6.45) is -0.327. The van der Waals surface area contributed by atoms with Gasteiger partial charge in [0.1, 0.15) is 5.75 Å². The molecule has 1 N–H and O–H groups in total. The summed E-state index contributed by atoms with van der Waals surface area (Å²) in [6, 6.07) is 7.30. The molecule has 1 saturated heterocycles. The number of methoxy groups -OCH3 is 1. The van der Waals surface area contributed by atoms with Crippen molar-refractivity contribution >= 4 is 5.91 Å². The molecule has 5 nitrogen and oxygen atoms in total. The minimum Gasteiger partial charge on any atom is -0.496 e. The highest BCUT2D eigenvalue weighted by Crippen LogP contribution is 2.20. The van der Waals surface area contributed by atoms with Crippen LogP contribution in [0.5, 0.6) is 5.75 Å². The van der Waals surface area contributed by atoms with Crippen molar-refractivity contribution in [3.8, 4) is 5.75 Å². The molecule has 0 aliphatic carbocycles. The van der Waals surface area contributed by atoms with Gasteiger partial charge in [-0.1, -0.05) is 12.1 Å². The van der Waals surface area contributed by atoms with Gasteiger partial charge in [-0.15, -0.1) is 0 Å². The second kappa shape index (κ2) is 6.72. The number of aliphatic hydroxyl groups is 1. The predicted molar refractivity (Wildman–Crippen MR) is 77.0 cm³/mol. The Morgan fingerprint density at radius 2 is 1.95 bits per heavy atom. The summed E-state index contributed by atoms with van der Waals surface area (Å²) in [5.74, 6) is 0.628. The van der Waals surface area contributed by atoms with Gasteiger partial charge >= 0.3 is 0 Å². The number of para-hydroxylation sites is 1. The fraction of sp³-hybridized carbons (Fsp3) is 0.533. The van der Waals surface area contributed by atoms with Crippen LogP contribution in [-0.2, 0) is 0 Å². The molecule has 0 bridgehead atoms. The molecular formula is C15H22N2O3. The molecule has 20 heavy (non-hydrogen) atoms. The van der Waals surface area contributed by atoms with E-state index in [1.165, 1.54) is 0 Å². The maximum Gasteiger partial charge on any atom is 0.257 e. The van der Waals surface area contributed by atoms with E-state index in [2.05, 4.69) is 4.90 Å². The predicted octanol–water partition coefficient (Wildman–Crippen LogP) is 0.834. The van der Waals surface area contributed by atoms with Crippen molar-refractivity contribution in [1.29, 1.82) is 0 Å². The summed E-state index contributed by atoms with van der Waals surface area (Å²) >= 11 is 0. The minimum absolute atomic E-state index is 0.0131. The zero-order chi connectivity index (χ0) is 14.5. The Morgan fingerprint density at radius 3 is 2.55 bits per heavy atom. The topological polar surface area (TPSA) is 53.0 Å². The molecule has 110 valence electrons. The van der Waals surface area contributed by atoms with Crippen molar-refractivity contribution in [2.24, 2.45) is 0 Å². The van der Waals surface area contributed by atoms with Crippen molar-refractivity contribution in [2.75, 3.05) is 39.8 Å². The lowest BCUT2D eigenvalue weighted by Gasteiger charge is -2.35. The Balaban J connectivity index is 1.98. The van der Waals surface area contributed by atoms with Crippen molar-refractivity contribution in [3.05, 3.63) is 29.8 Å². The van der Waals surface area contributed by atoms with E-state index in [1.807, 2.05) is 17.0 Å². The van der Waals surface area contributed by atoms with E-state index in [0.29, 0.717) is 30.9 Å². The van der Waals surface area contributed by atoms with E-state index < -0.39 is 0 Å². The van der Waals surface area contributed by atoms with Gasteiger partial charge in [-0.25, -0.2) is 0 Å². The van der Waals surface area contributed by atoms with Gasteiger partial charge in [0, 0.05) is 32.7 Å². The van der Waals surface area contributed by atoms with Gasteiger partial charge in [0.15, 0.2) is 0 Å². The highest BCUT2D eigenvalue weighted by atomic mass is 16.5. The Labute approximate surface area is 119 Å². The molecule has 1 aliphatic heterocycles. The number of amides is 1. The van der Waals surface area contributed by atoms with Crippen LogP contribution in [0.4, 0.5) is 0 Å². The van der Waals surface area contributed by atoms with Gasteiger partial charge in [-0.2, -0.15) is 0 Å². The standard InChI is InChI=1S/C15H22N2O3/c1-12(18)11-16-7-9-17(10-8-16)15(19)13-5-3-4-6-14(13)20-2/h3-6,12,18H,7-11H2,1-2H3. The second-order valence-corrected chi connectivity index (χ2v) is 5.14. The molecule has 1 heterocycles. The maximum atomic E-state index is 12.5. The summed E-state index contributed by atoms with van der Waals surface area (Å²) in [7, 11) is 1.58. The number of ether oxygens (including phenoxy) is 1. The number of carbonyl (C=O) groups is 1. The van der Waals surface area contributed by atoms with E-state index in [0.717, 1.165) is 13.1 Å². The monoisotopic (exact) mass is 278 g/mol. The van der Waals surface area contributed by atoms with Crippen LogP contribution in [-0.4, -0.2) is 66.8 Å². The number of hydrogen-bond donors (Lipinski definition) is 1. The number of β-amino-alcohol motifs (C(OH)–C–C–N with tert-alkyl or cyclic N) is 1. The number of benzene rings is 1. The third-order valence-corrected chi connectivity index (χ3v) is 3.52. The largest absolute Gasteiger partial charge is 0.496 e. The molecule has 0 radical (unpaired) electrons. The lowest BCUT2D eigenvalue weighted by molar-refractivity contribution is 0.0551. The molecule has 0 saturated carbocycles. The molecule has 2 rings (SSSR count). The van der Waals surface area contributed by atoms with Crippen LogP contribution >= 0.6 is 0 Å². The molecule has 0 spiro atoms. The lowest BCUT2D eigenvalue weighted by Crippen LogP contribution is -2.50. The van der Waals surface area contributed by atoms with Gasteiger partial charge in [-0.3, -0.25) is 9.69 Å². The third-order valence-electron chi connectivity index (χ3n) is 3.52. The highest BCUT2D eigenvalue weighted by Gasteiger charge is 2.24. The fourth-order valence-corrected chi connectivity index (χ4v) is 2.50. The molecule has 1 unspecified atom stereocenters. The van der Waals surface area contributed by atoms with Crippen LogP contribution in [0.1, 0.15) is 17.3 Å². The fourth-order valence-electron chi connectivity index (χ4n) is 2.50. The van der Waals surface area contributed by atoms with E-state index in [1.54, 1.807) is 26.2 Å². The van der Waals surface area contributed by atoms with Crippen molar-refractivity contribution in [1.82, 2.24) is 9.80 Å². The average Bonchev–Trinajstić information content (AvgIpc) is 2.46. The van der Waals surface area contributed by atoms with Gasteiger partial charge < -0.3 is 14.7 Å². The van der Waals surface area contributed by atoms with E-state index in [9.17, 15) is 9.90 Å². The first-order chi connectivity index (χ1) is 9.61. The van der Waals surface area contributed by atoms with Crippen molar-refractivity contribution in [3.63, 3.8) is 0 Å². The molecular weight excluding hydrogens is 256 g/mol. The smallest absolute Gasteiger partial charge is 0.257 e. The zero-order valence-electron chi connectivity index (χ0n) is 12.1. The Kier molecular flexibility index (Phi) is 4.98. The molecule has 1 amide bonds. The van der Waals surface area contributed by atoms with Crippen molar-refractivity contribution in [2.45, 2.75) is 13.0 Å². The van der Waals surface area contributed by atoms with Crippen LogP contribution in [0.2, 0.25) is 0 Å². The second-order valence-electron chi connectivity index (χ2n) is 5.14. The molecule has 0 aromatic heterocycles. The molecule has 1 fully saturated rings. The molecule has 1 aliphatic rings. The molecule has 1 aromatic carbocycles. The first-order valence-electron chi connectivity index (χ1n) is 6.94. The summed E-state index contributed by atoms with van der Waals surface area (Å²) in [4.78, 5) is 16.5.